The van der Waals surface area contributed by atoms with Crippen LogP contribution in [0.2, 0.25) is 0 Å². The summed E-state index contributed by atoms with van der Waals surface area (Å²) in [4.78, 5) is 31.8. The molecule has 0 spiro atoms. The Morgan fingerprint density at radius 2 is 1.83 bits per heavy atom. The van der Waals surface area contributed by atoms with Gasteiger partial charge in [-0.1, -0.05) is 31.6 Å². The molecule has 0 bridgehead atoms. The van der Waals surface area contributed by atoms with Crippen LogP contribution < -0.4 is 0 Å². The first-order chi connectivity index (χ1) is 11.6. The van der Waals surface area contributed by atoms with Crippen LogP contribution in [-0.4, -0.2) is 42.3 Å². The van der Waals surface area contributed by atoms with Crippen molar-refractivity contribution in [2.45, 2.75) is 69.5 Å². The van der Waals surface area contributed by atoms with Gasteiger partial charge in [-0.2, -0.15) is 4.89 Å². The molecule has 0 saturated carbocycles. The molecule has 0 aromatic heterocycles. The van der Waals surface area contributed by atoms with Crippen LogP contribution in [0.4, 0.5) is 0 Å². The summed E-state index contributed by atoms with van der Waals surface area (Å²) < 4.78 is 5.40. The highest BCUT2D eigenvalue weighted by atomic mass is 17.2. The van der Waals surface area contributed by atoms with E-state index >= 15 is 0 Å². The third-order valence-electron chi connectivity index (χ3n) is 4.03. The summed E-state index contributed by atoms with van der Waals surface area (Å²) in [6, 6.07) is 0. The van der Waals surface area contributed by atoms with Crippen LogP contribution in [0.5, 0.6) is 0 Å². The Labute approximate surface area is 142 Å². The van der Waals surface area contributed by atoms with Crippen LogP contribution in [-0.2, 0) is 29.1 Å². The van der Waals surface area contributed by atoms with E-state index in [0.29, 0.717) is 6.42 Å². The number of aliphatic carboxylic acids is 1. The van der Waals surface area contributed by atoms with E-state index in [4.69, 9.17) is 29.4 Å². The summed E-state index contributed by atoms with van der Waals surface area (Å²) in [5.74, 6) is -1.93. The number of rotatable bonds is 9. The number of hydrogen-bond donors (Lipinski definition) is 1. The monoisotopic (exact) mass is 342 g/mol. The molecule has 0 saturated heterocycles. The lowest BCUT2D eigenvalue weighted by atomic mass is 10.0. The van der Waals surface area contributed by atoms with E-state index in [1.165, 1.54) is 7.11 Å². The highest BCUT2D eigenvalue weighted by Crippen LogP contribution is 2.29. The molecule has 0 aliphatic carbocycles. The summed E-state index contributed by atoms with van der Waals surface area (Å²) in [5, 5.41) is 8.76. The summed E-state index contributed by atoms with van der Waals surface area (Å²) in [6.07, 6.45) is 10.7. The van der Waals surface area contributed by atoms with Crippen molar-refractivity contribution in [2.24, 2.45) is 0 Å². The molecular formula is C17H26O7. The van der Waals surface area contributed by atoms with Gasteiger partial charge in [0.1, 0.15) is 18.3 Å². The van der Waals surface area contributed by atoms with Crippen molar-refractivity contribution in [3.63, 3.8) is 0 Å². The maximum absolute atomic E-state index is 10.7. The molecule has 0 radical (unpaired) electrons. The highest BCUT2D eigenvalue weighted by molar-refractivity contribution is 5.67. The van der Waals surface area contributed by atoms with Gasteiger partial charge in [0, 0.05) is 13.5 Å². The fourth-order valence-electron chi connectivity index (χ4n) is 2.64. The smallest absolute Gasteiger partial charge is 0.306 e. The topological polar surface area (TPSA) is 83.5 Å². The Hall–Kier alpha value is -1.25. The van der Waals surface area contributed by atoms with Crippen LogP contribution in [0.3, 0.4) is 0 Å². The first-order valence-corrected chi connectivity index (χ1v) is 8.38. The maximum Gasteiger partial charge on any atom is 0.306 e. The molecule has 2 rings (SSSR count). The van der Waals surface area contributed by atoms with Gasteiger partial charge in [0.05, 0.1) is 6.42 Å². The van der Waals surface area contributed by atoms with Gasteiger partial charge in [-0.15, -0.1) is 0 Å². The minimum absolute atomic E-state index is 0.0424. The zero-order valence-corrected chi connectivity index (χ0v) is 14.2. The van der Waals surface area contributed by atoms with Gasteiger partial charge in [0.2, 0.25) is 5.79 Å². The van der Waals surface area contributed by atoms with E-state index in [9.17, 15) is 4.79 Å². The normalized spacial score (nSPS) is 32.8. The van der Waals surface area contributed by atoms with E-state index in [1.54, 1.807) is 12.2 Å². The summed E-state index contributed by atoms with van der Waals surface area (Å²) in [6.45, 7) is 2.11. The summed E-state index contributed by atoms with van der Waals surface area (Å²) in [5.41, 5.74) is 0. The Kier molecular flexibility index (Phi) is 7.39. The highest BCUT2D eigenvalue weighted by Gasteiger charge is 2.34. The molecule has 1 N–H and O–H groups in total. The molecule has 2 unspecified atom stereocenters. The fraction of sp³-hybridized carbons (Fsp3) is 0.706. The predicted molar refractivity (Wildman–Crippen MR) is 84.7 cm³/mol. The quantitative estimate of drug-likeness (QED) is 0.509. The molecule has 24 heavy (non-hydrogen) atoms. The molecule has 0 aromatic carbocycles. The van der Waals surface area contributed by atoms with Gasteiger partial charge in [-0.3, -0.25) is 4.79 Å². The SMILES string of the molecule is CCCC1C=CC(CCC[C@]2(OC)C=C[C@@H](CC(=O)O)OO2)OO1. The molecule has 7 nitrogen and oxygen atoms in total. The molecule has 7 heteroatoms. The van der Waals surface area contributed by atoms with E-state index in [2.05, 4.69) is 6.92 Å². The van der Waals surface area contributed by atoms with Crippen LogP contribution in [0.1, 0.15) is 45.4 Å². The van der Waals surface area contributed by atoms with Crippen molar-refractivity contribution in [1.29, 1.82) is 0 Å². The first-order valence-electron chi connectivity index (χ1n) is 8.38. The Morgan fingerprint density at radius 1 is 1.12 bits per heavy atom. The van der Waals surface area contributed by atoms with Gasteiger partial charge in [0.15, 0.2) is 0 Å². The minimum Gasteiger partial charge on any atom is -0.481 e. The van der Waals surface area contributed by atoms with E-state index in [0.717, 1.165) is 25.7 Å². The summed E-state index contributed by atoms with van der Waals surface area (Å²) >= 11 is 0. The summed E-state index contributed by atoms with van der Waals surface area (Å²) in [7, 11) is 1.53. The standard InChI is InChI=1S/C17H26O7/c1-3-5-13-7-8-14(22-21-13)6-4-10-17(20-2)11-9-15(23-24-17)12-16(18)19/h7-9,11,13-15H,3-6,10,12H2,1-2H3,(H,18,19)/t13?,14?,15-,17+/m0/s1. The van der Waals surface area contributed by atoms with Crippen molar-refractivity contribution >= 4 is 5.97 Å². The van der Waals surface area contributed by atoms with Gasteiger partial charge >= 0.3 is 5.97 Å². The predicted octanol–water partition coefficient (Wildman–Crippen LogP) is 2.92. The first kappa shape index (κ1) is 19.1. The second-order valence-electron chi connectivity index (χ2n) is 6.03. The number of carbonyl (C=O) groups is 1. The van der Waals surface area contributed by atoms with Crippen molar-refractivity contribution < 1.29 is 34.2 Å². The second kappa shape index (κ2) is 9.29. The lowest BCUT2D eigenvalue weighted by molar-refractivity contribution is -0.428. The molecule has 0 fully saturated rings. The van der Waals surface area contributed by atoms with E-state index < -0.39 is 17.9 Å². The Balaban J connectivity index is 1.76. The van der Waals surface area contributed by atoms with Crippen molar-refractivity contribution in [3.05, 3.63) is 24.3 Å². The van der Waals surface area contributed by atoms with Crippen molar-refractivity contribution in [1.82, 2.24) is 0 Å². The number of ether oxygens (including phenoxy) is 1. The second-order valence-corrected chi connectivity index (χ2v) is 6.03. The number of carboxylic acid groups (broad SMARTS) is 1. The molecule has 2 aliphatic heterocycles. The molecule has 0 amide bonds. The fourth-order valence-corrected chi connectivity index (χ4v) is 2.64. The molecule has 4 atom stereocenters. The number of methoxy groups -OCH3 is 1. The van der Waals surface area contributed by atoms with Crippen LogP contribution in [0.15, 0.2) is 24.3 Å². The van der Waals surface area contributed by atoms with Crippen molar-refractivity contribution in [2.75, 3.05) is 7.11 Å². The number of hydrogen-bond acceptors (Lipinski definition) is 6. The molecule has 0 aromatic rings. The van der Waals surface area contributed by atoms with E-state index in [1.807, 2.05) is 12.2 Å². The lowest BCUT2D eigenvalue weighted by Crippen LogP contribution is -2.38. The van der Waals surface area contributed by atoms with Gasteiger partial charge in [-0.25, -0.2) is 14.7 Å². The van der Waals surface area contributed by atoms with Crippen molar-refractivity contribution in [3.8, 4) is 0 Å². The third kappa shape index (κ3) is 5.68. The van der Waals surface area contributed by atoms with Gasteiger partial charge in [0.25, 0.3) is 0 Å². The zero-order chi connectivity index (χ0) is 17.4. The van der Waals surface area contributed by atoms with Crippen LogP contribution >= 0.6 is 0 Å². The van der Waals surface area contributed by atoms with Crippen LogP contribution in [0.25, 0.3) is 0 Å². The molecule has 136 valence electrons. The largest absolute Gasteiger partial charge is 0.481 e. The minimum atomic E-state index is -0.987. The van der Waals surface area contributed by atoms with Gasteiger partial charge < -0.3 is 9.84 Å². The third-order valence-corrected chi connectivity index (χ3v) is 4.03. The van der Waals surface area contributed by atoms with Gasteiger partial charge in [-0.05, 0) is 25.3 Å². The Bertz CT molecular complexity index is 462. The van der Waals surface area contributed by atoms with E-state index in [-0.39, 0.29) is 18.6 Å². The average molecular weight is 342 g/mol. The lowest BCUT2D eigenvalue weighted by Gasteiger charge is -2.33. The molecule has 2 aliphatic rings. The molecule has 2 heterocycles. The Morgan fingerprint density at radius 3 is 2.33 bits per heavy atom. The molecular weight excluding hydrogens is 316 g/mol. The zero-order valence-electron chi connectivity index (χ0n) is 14.2. The number of carboxylic acids is 1. The average Bonchev–Trinajstić information content (AvgIpc) is 2.58. The van der Waals surface area contributed by atoms with Crippen LogP contribution in [0, 0.1) is 0 Å². The maximum atomic E-state index is 10.7.